The van der Waals surface area contributed by atoms with Crippen molar-refractivity contribution in [2.24, 2.45) is 5.92 Å². The van der Waals surface area contributed by atoms with Crippen LogP contribution in [0.25, 0.3) is 0 Å². The quantitative estimate of drug-likeness (QED) is 0.662. The Morgan fingerprint density at radius 2 is 2.42 bits per heavy atom. The van der Waals surface area contributed by atoms with Crippen molar-refractivity contribution < 1.29 is 9.90 Å². The van der Waals surface area contributed by atoms with Crippen LogP contribution in [-0.2, 0) is 4.79 Å². The van der Waals surface area contributed by atoms with E-state index in [1.165, 1.54) is 0 Å². The Labute approximate surface area is 73.4 Å². The summed E-state index contributed by atoms with van der Waals surface area (Å²) in [6.07, 6.45) is 1.66. The second-order valence-corrected chi connectivity index (χ2v) is 3.68. The lowest BCUT2D eigenvalue weighted by Gasteiger charge is -2.31. The SMILES string of the molecule is CC1CCCN(C[C@H](C)O)C1=O. The van der Waals surface area contributed by atoms with E-state index < -0.39 is 6.10 Å². The topological polar surface area (TPSA) is 40.5 Å². The van der Waals surface area contributed by atoms with Gasteiger partial charge in [0, 0.05) is 19.0 Å². The van der Waals surface area contributed by atoms with Crippen molar-refractivity contribution in [3.8, 4) is 0 Å². The smallest absolute Gasteiger partial charge is 0.225 e. The molecular formula is C9H17NO2. The normalized spacial score (nSPS) is 27.4. The highest BCUT2D eigenvalue weighted by atomic mass is 16.3. The van der Waals surface area contributed by atoms with E-state index in [1.54, 1.807) is 11.8 Å². The van der Waals surface area contributed by atoms with Crippen molar-refractivity contribution in [2.45, 2.75) is 32.8 Å². The van der Waals surface area contributed by atoms with Crippen LogP contribution < -0.4 is 0 Å². The molecule has 1 aliphatic rings. The zero-order valence-electron chi connectivity index (χ0n) is 7.79. The van der Waals surface area contributed by atoms with E-state index in [1.807, 2.05) is 6.92 Å². The standard InChI is InChI=1S/C9H17NO2/c1-7-4-3-5-10(9(7)12)6-8(2)11/h7-8,11H,3-6H2,1-2H3/t7?,8-/m0/s1. The first-order valence-corrected chi connectivity index (χ1v) is 4.58. The van der Waals surface area contributed by atoms with Gasteiger partial charge in [0.05, 0.1) is 6.10 Å². The summed E-state index contributed by atoms with van der Waals surface area (Å²) in [4.78, 5) is 13.2. The molecule has 1 fully saturated rings. The summed E-state index contributed by atoms with van der Waals surface area (Å²) in [6.45, 7) is 4.97. The third kappa shape index (κ3) is 2.21. The lowest BCUT2D eigenvalue weighted by atomic mass is 9.99. The number of hydrogen-bond donors (Lipinski definition) is 1. The molecule has 2 atom stereocenters. The fourth-order valence-electron chi connectivity index (χ4n) is 1.63. The molecule has 1 unspecified atom stereocenters. The molecule has 1 N–H and O–H groups in total. The van der Waals surface area contributed by atoms with E-state index in [9.17, 15) is 4.79 Å². The van der Waals surface area contributed by atoms with Crippen LogP contribution in [0.15, 0.2) is 0 Å². The van der Waals surface area contributed by atoms with E-state index in [-0.39, 0.29) is 11.8 Å². The van der Waals surface area contributed by atoms with Crippen LogP contribution in [-0.4, -0.2) is 35.1 Å². The number of aliphatic hydroxyl groups excluding tert-OH is 1. The first-order chi connectivity index (χ1) is 5.61. The Morgan fingerprint density at radius 1 is 1.75 bits per heavy atom. The van der Waals surface area contributed by atoms with Gasteiger partial charge in [-0.25, -0.2) is 0 Å². The van der Waals surface area contributed by atoms with Gasteiger partial charge in [-0.2, -0.15) is 0 Å². The van der Waals surface area contributed by atoms with Crippen LogP contribution >= 0.6 is 0 Å². The monoisotopic (exact) mass is 171 g/mol. The Kier molecular flexibility index (Phi) is 3.09. The molecule has 3 nitrogen and oxygen atoms in total. The number of carbonyl (C=O) groups is 1. The second kappa shape index (κ2) is 3.90. The van der Waals surface area contributed by atoms with E-state index >= 15 is 0 Å². The third-order valence-electron chi connectivity index (χ3n) is 2.28. The van der Waals surface area contributed by atoms with Gasteiger partial charge >= 0.3 is 0 Å². The molecule has 70 valence electrons. The molecule has 3 heteroatoms. The van der Waals surface area contributed by atoms with Gasteiger partial charge < -0.3 is 10.0 Å². The first-order valence-electron chi connectivity index (χ1n) is 4.58. The molecule has 0 bridgehead atoms. The third-order valence-corrected chi connectivity index (χ3v) is 2.28. The predicted octanol–water partition coefficient (Wildman–Crippen LogP) is 0.626. The molecule has 1 amide bonds. The summed E-state index contributed by atoms with van der Waals surface area (Å²) >= 11 is 0. The lowest BCUT2D eigenvalue weighted by molar-refractivity contribution is -0.139. The van der Waals surface area contributed by atoms with Gasteiger partial charge in [0.1, 0.15) is 0 Å². The molecule has 0 radical (unpaired) electrons. The molecule has 1 heterocycles. The molecule has 0 aromatic carbocycles. The van der Waals surface area contributed by atoms with Crippen LogP contribution in [0.2, 0.25) is 0 Å². The highest BCUT2D eigenvalue weighted by Gasteiger charge is 2.25. The number of piperidine rings is 1. The largest absolute Gasteiger partial charge is 0.392 e. The molecule has 1 aliphatic heterocycles. The van der Waals surface area contributed by atoms with Crippen LogP contribution in [0.5, 0.6) is 0 Å². The Bertz CT molecular complexity index is 168. The fourth-order valence-corrected chi connectivity index (χ4v) is 1.63. The van der Waals surface area contributed by atoms with Gasteiger partial charge in [0.2, 0.25) is 5.91 Å². The second-order valence-electron chi connectivity index (χ2n) is 3.68. The average Bonchev–Trinajstić information content (AvgIpc) is 1.98. The summed E-state index contributed by atoms with van der Waals surface area (Å²) in [5.41, 5.74) is 0. The van der Waals surface area contributed by atoms with E-state index in [4.69, 9.17) is 5.11 Å². The van der Waals surface area contributed by atoms with Gasteiger partial charge in [-0.15, -0.1) is 0 Å². The van der Waals surface area contributed by atoms with Crippen LogP contribution in [0, 0.1) is 5.92 Å². The molecule has 12 heavy (non-hydrogen) atoms. The van der Waals surface area contributed by atoms with Crippen molar-refractivity contribution in [3.05, 3.63) is 0 Å². The average molecular weight is 171 g/mol. The lowest BCUT2D eigenvalue weighted by Crippen LogP contribution is -2.43. The van der Waals surface area contributed by atoms with Gasteiger partial charge in [0.15, 0.2) is 0 Å². The summed E-state index contributed by atoms with van der Waals surface area (Å²) in [7, 11) is 0. The minimum atomic E-state index is -0.403. The number of nitrogens with zero attached hydrogens (tertiary/aromatic N) is 1. The Hall–Kier alpha value is -0.570. The molecule has 0 aromatic heterocycles. The summed E-state index contributed by atoms with van der Waals surface area (Å²) in [5.74, 6) is 0.347. The maximum absolute atomic E-state index is 11.5. The maximum Gasteiger partial charge on any atom is 0.225 e. The molecule has 0 aliphatic carbocycles. The van der Waals surface area contributed by atoms with Crippen molar-refractivity contribution in [3.63, 3.8) is 0 Å². The van der Waals surface area contributed by atoms with Gasteiger partial charge in [-0.1, -0.05) is 6.92 Å². The minimum absolute atomic E-state index is 0.150. The Morgan fingerprint density at radius 3 is 3.00 bits per heavy atom. The highest BCUT2D eigenvalue weighted by Crippen LogP contribution is 2.16. The number of carbonyl (C=O) groups excluding carboxylic acids is 1. The molecule has 1 rings (SSSR count). The Balaban J connectivity index is 2.46. The van der Waals surface area contributed by atoms with E-state index in [0.717, 1.165) is 19.4 Å². The number of aliphatic hydroxyl groups is 1. The zero-order chi connectivity index (χ0) is 9.14. The molecule has 0 aromatic rings. The fraction of sp³-hybridized carbons (Fsp3) is 0.889. The number of β-amino-alcohol motifs (C(OH)–C–C–N with tert-alkyl or cyclic N) is 1. The predicted molar refractivity (Wildman–Crippen MR) is 46.7 cm³/mol. The van der Waals surface area contributed by atoms with Gasteiger partial charge in [-0.05, 0) is 19.8 Å². The van der Waals surface area contributed by atoms with Crippen molar-refractivity contribution >= 4 is 5.91 Å². The number of rotatable bonds is 2. The number of amides is 1. The first kappa shape index (κ1) is 9.52. The van der Waals surface area contributed by atoms with Crippen LogP contribution in [0.1, 0.15) is 26.7 Å². The molecule has 1 saturated heterocycles. The van der Waals surface area contributed by atoms with Gasteiger partial charge in [0.25, 0.3) is 0 Å². The zero-order valence-corrected chi connectivity index (χ0v) is 7.79. The number of likely N-dealkylation sites (tertiary alicyclic amines) is 1. The molecule has 0 spiro atoms. The molecule has 0 saturated carbocycles. The van der Waals surface area contributed by atoms with E-state index in [2.05, 4.69) is 0 Å². The van der Waals surface area contributed by atoms with Crippen LogP contribution in [0.4, 0.5) is 0 Å². The molecular weight excluding hydrogens is 154 g/mol. The number of hydrogen-bond acceptors (Lipinski definition) is 2. The van der Waals surface area contributed by atoms with Gasteiger partial charge in [-0.3, -0.25) is 4.79 Å². The van der Waals surface area contributed by atoms with E-state index in [0.29, 0.717) is 6.54 Å². The van der Waals surface area contributed by atoms with Crippen molar-refractivity contribution in [1.82, 2.24) is 4.90 Å². The van der Waals surface area contributed by atoms with Crippen molar-refractivity contribution in [2.75, 3.05) is 13.1 Å². The van der Waals surface area contributed by atoms with Crippen molar-refractivity contribution in [1.29, 1.82) is 0 Å². The maximum atomic E-state index is 11.5. The highest BCUT2D eigenvalue weighted by molar-refractivity contribution is 5.79. The summed E-state index contributed by atoms with van der Waals surface area (Å²) < 4.78 is 0. The minimum Gasteiger partial charge on any atom is -0.392 e. The van der Waals surface area contributed by atoms with Crippen LogP contribution in [0.3, 0.4) is 0 Å². The summed E-state index contributed by atoms with van der Waals surface area (Å²) in [6, 6.07) is 0. The summed E-state index contributed by atoms with van der Waals surface area (Å²) in [5, 5.41) is 9.11.